The first-order valence-electron chi connectivity index (χ1n) is 6.57. The molecule has 5 heteroatoms. The molecule has 3 rings (SSSR count). The summed E-state index contributed by atoms with van der Waals surface area (Å²) in [5.41, 5.74) is 3.58. The molecule has 0 aliphatic heterocycles. The van der Waals surface area contributed by atoms with Gasteiger partial charge in [-0.1, -0.05) is 0 Å². The number of nitrogens with zero attached hydrogens (tertiary/aromatic N) is 2. The van der Waals surface area contributed by atoms with Crippen LogP contribution in [0.2, 0.25) is 0 Å². The van der Waals surface area contributed by atoms with Gasteiger partial charge in [-0.15, -0.1) is 0 Å². The molecular weight excluding hydrogens is 252 g/mol. The molecule has 1 amide bonds. The molecule has 0 radical (unpaired) electrons. The Morgan fingerprint density at radius 3 is 2.95 bits per heavy atom. The van der Waals surface area contributed by atoms with Gasteiger partial charge in [-0.25, -0.2) is 4.98 Å². The van der Waals surface area contributed by atoms with Gasteiger partial charge in [0.15, 0.2) is 0 Å². The number of hydrogen-bond acceptors (Lipinski definition) is 2. The Kier molecular flexibility index (Phi) is 3.25. The molecule has 0 bridgehead atoms. The highest BCUT2D eigenvalue weighted by molar-refractivity contribution is 5.99. The lowest BCUT2D eigenvalue weighted by molar-refractivity contribution is -0.116. The van der Waals surface area contributed by atoms with Gasteiger partial charge in [0.05, 0.1) is 17.5 Å². The van der Waals surface area contributed by atoms with E-state index in [9.17, 15) is 4.79 Å². The van der Waals surface area contributed by atoms with Crippen LogP contribution >= 0.6 is 0 Å². The second kappa shape index (κ2) is 5.21. The van der Waals surface area contributed by atoms with Crippen molar-refractivity contribution in [2.45, 2.75) is 19.9 Å². The zero-order valence-electron chi connectivity index (χ0n) is 11.3. The smallest absolute Gasteiger partial charge is 0.226 e. The van der Waals surface area contributed by atoms with Gasteiger partial charge >= 0.3 is 0 Å². The molecule has 1 aromatic carbocycles. The normalized spacial score (nSPS) is 10.8. The van der Waals surface area contributed by atoms with E-state index >= 15 is 0 Å². The van der Waals surface area contributed by atoms with E-state index in [2.05, 4.69) is 15.3 Å². The standard InChI is InChI=1S/C15H16N4O/c1-11-8-12-15(17-10-16-12)13(9-11)18-14(20)4-7-19-5-2-3-6-19/h2-3,5-6,8-10H,4,7H2,1H3,(H,16,17)(H,18,20). The number of benzene rings is 1. The molecular formula is C15H16N4O. The van der Waals surface area contributed by atoms with Gasteiger partial charge < -0.3 is 14.9 Å². The highest BCUT2D eigenvalue weighted by Crippen LogP contribution is 2.22. The predicted molar refractivity (Wildman–Crippen MR) is 78.5 cm³/mol. The summed E-state index contributed by atoms with van der Waals surface area (Å²) in [6.45, 7) is 2.67. The molecule has 0 fully saturated rings. The molecule has 0 aliphatic carbocycles. The summed E-state index contributed by atoms with van der Waals surface area (Å²) < 4.78 is 1.99. The van der Waals surface area contributed by atoms with Gasteiger partial charge in [0, 0.05) is 25.4 Å². The van der Waals surface area contributed by atoms with Crippen LogP contribution in [0.25, 0.3) is 11.0 Å². The zero-order valence-corrected chi connectivity index (χ0v) is 11.3. The fourth-order valence-electron chi connectivity index (χ4n) is 2.25. The Balaban J connectivity index is 1.72. The van der Waals surface area contributed by atoms with Crippen molar-refractivity contribution in [1.29, 1.82) is 0 Å². The van der Waals surface area contributed by atoms with Crippen LogP contribution in [0.5, 0.6) is 0 Å². The highest BCUT2D eigenvalue weighted by Gasteiger charge is 2.08. The molecule has 0 saturated carbocycles. The summed E-state index contributed by atoms with van der Waals surface area (Å²) in [6, 6.07) is 7.85. The fourth-order valence-corrected chi connectivity index (χ4v) is 2.25. The van der Waals surface area contributed by atoms with E-state index in [0.717, 1.165) is 22.3 Å². The number of hydrogen-bond donors (Lipinski definition) is 2. The van der Waals surface area contributed by atoms with Crippen LogP contribution in [-0.4, -0.2) is 20.4 Å². The van der Waals surface area contributed by atoms with Crippen molar-refractivity contribution in [2.24, 2.45) is 0 Å². The van der Waals surface area contributed by atoms with Gasteiger partial charge in [-0.3, -0.25) is 4.79 Å². The van der Waals surface area contributed by atoms with E-state index in [1.165, 1.54) is 0 Å². The van der Waals surface area contributed by atoms with Crippen LogP contribution in [0.15, 0.2) is 43.0 Å². The average Bonchev–Trinajstić information content (AvgIpc) is 3.06. The van der Waals surface area contributed by atoms with Crippen LogP contribution < -0.4 is 5.32 Å². The Morgan fingerprint density at radius 1 is 1.35 bits per heavy atom. The van der Waals surface area contributed by atoms with E-state index < -0.39 is 0 Å². The first-order chi connectivity index (χ1) is 9.72. The number of carbonyl (C=O) groups is 1. The number of aryl methyl sites for hydroxylation is 2. The molecule has 5 nitrogen and oxygen atoms in total. The van der Waals surface area contributed by atoms with Crippen molar-refractivity contribution in [2.75, 3.05) is 5.32 Å². The summed E-state index contributed by atoms with van der Waals surface area (Å²) in [4.78, 5) is 19.3. The monoisotopic (exact) mass is 268 g/mol. The third-order valence-electron chi connectivity index (χ3n) is 3.21. The number of fused-ring (bicyclic) bond motifs is 1. The van der Waals surface area contributed by atoms with E-state index in [1.807, 2.05) is 48.1 Å². The minimum Gasteiger partial charge on any atom is -0.354 e. The number of H-pyrrole nitrogens is 1. The SMILES string of the molecule is Cc1cc(NC(=O)CCn2cccc2)c2nc[nH]c2c1. The number of carbonyl (C=O) groups excluding carboxylic acids is 1. The van der Waals surface area contributed by atoms with Crippen molar-refractivity contribution >= 4 is 22.6 Å². The van der Waals surface area contributed by atoms with Crippen LogP contribution in [-0.2, 0) is 11.3 Å². The molecule has 0 saturated heterocycles. The summed E-state index contributed by atoms with van der Waals surface area (Å²) in [7, 11) is 0. The molecule has 102 valence electrons. The maximum atomic E-state index is 12.0. The number of aromatic amines is 1. The van der Waals surface area contributed by atoms with Crippen molar-refractivity contribution in [3.63, 3.8) is 0 Å². The average molecular weight is 268 g/mol. The highest BCUT2D eigenvalue weighted by atomic mass is 16.1. The number of amides is 1. The van der Waals surface area contributed by atoms with Crippen molar-refractivity contribution < 1.29 is 4.79 Å². The zero-order chi connectivity index (χ0) is 13.9. The molecule has 3 aromatic rings. The summed E-state index contributed by atoms with van der Waals surface area (Å²) >= 11 is 0. The summed E-state index contributed by atoms with van der Waals surface area (Å²) in [6.07, 6.45) is 5.98. The maximum absolute atomic E-state index is 12.0. The molecule has 20 heavy (non-hydrogen) atoms. The largest absolute Gasteiger partial charge is 0.354 e. The number of rotatable bonds is 4. The second-order valence-electron chi connectivity index (χ2n) is 4.83. The summed E-state index contributed by atoms with van der Waals surface area (Å²) in [5.74, 6) is -0.00593. The minimum absolute atomic E-state index is 0.00593. The Morgan fingerprint density at radius 2 is 2.15 bits per heavy atom. The summed E-state index contributed by atoms with van der Waals surface area (Å²) in [5, 5.41) is 2.94. The number of aromatic nitrogens is 3. The minimum atomic E-state index is -0.00593. The molecule has 0 atom stereocenters. The van der Waals surface area contributed by atoms with Gasteiger partial charge in [0.25, 0.3) is 0 Å². The lowest BCUT2D eigenvalue weighted by atomic mass is 10.2. The van der Waals surface area contributed by atoms with E-state index in [0.29, 0.717) is 13.0 Å². The van der Waals surface area contributed by atoms with Crippen LogP contribution in [0.3, 0.4) is 0 Å². The first-order valence-corrected chi connectivity index (χ1v) is 6.57. The van der Waals surface area contributed by atoms with E-state index in [4.69, 9.17) is 0 Å². The van der Waals surface area contributed by atoms with Gasteiger partial charge in [-0.05, 0) is 36.8 Å². The van der Waals surface area contributed by atoms with Gasteiger partial charge in [0.1, 0.15) is 5.52 Å². The molecule has 0 unspecified atom stereocenters. The molecule has 2 heterocycles. The molecule has 0 spiro atoms. The van der Waals surface area contributed by atoms with Crippen LogP contribution in [0.4, 0.5) is 5.69 Å². The molecule has 2 N–H and O–H groups in total. The topological polar surface area (TPSA) is 62.7 Å². The Hall–Kier alpha value is -2.56. The molecule has 0 aliphatic rings. The Labute approximate surface area is 116 Å². The third kappa shape index (κ3) is 2.56. The van der Waals surface area contributed by atoms with E-state index in [1.54, 1.807) is 6.33 Å². The van der Waals surface area contributed by atoms with Gasteiger partial charge in [0.2, 0.25) is 5.91 Å². The second-order valence-corrected chi connectivity index (χ2v) is 4.83. The number of imidazole rings is 1. The lowest BCUT2D eigenvalue weighted by Crippen LogP contribution is -2.14. The lowest BCUT2D eigenvalue weighted by Gasteiger charge is -2.08. The quantitative estimate of drug-likeness (QED) is 0.764. The Bertz CT molecular complexity index is 728. The maximum Gasteiger partial charge on any atom is 0.226 e. The van der Waals surface area contributed by atoms with Gasteiger partial charge in [-0.2, -0.15) is 0 Å². The predicted octanol–water partition coefficient (Wildman–Crippen LogP) is 2.70. The van der Waals surface area contributed by atoms with E-state index in [-0.39, 0.29) is 5.91 Å². The van der Waals surface area contributed by atoms with Crippen molar-refractivity contribution in [1.82, 2.24) is 14.5 Å². The third-order valence-corrected chi connectivity index (χ3v) is 3.21. The fraction of sp³-hybridized carbons (Fsp3) is 0.200. The van der Waals surface area contributed by atoms with Crippen molar-refractivity contribution in [3.05, 3.63) is 48.5 Å². The van der Waals surface area contributed by atoms with Crippen LogP contribution in [0.1, 0.15) is 12.0 Å². The van der Waals surface area contributed by atoms with Crippen LogP contribution in [0, 0.1) is 6.92 Å². The number of nitrogens with one attached hydrogen (secondary N) is 2. The van der Waals surface area contributed by atoms with Crippen molar-refractivity contribution in [3.8, 4) is 0 Å². The first kappa shape index (κ1) is 12.5. The number of anilines is 1. The molecule has 2 aromatic heterocycles.